The molecule has 1 aromatic rings. The maximum absolute atomic E-state index is 6.16. The quantitative estimate of drug-likeness (QED) is 0.882. The predicted octanol–water partition coefficient (Wildman–Crippen LogP) is 2.71. The lowest BCUT2D eigenvalue weighted by Gasteiger charge is -2.15. The molecule has 1 aliphatic carbocycles. The van der Waals surface area contributed by atoms with Crippen LogP contribution in [-0.2, 0) is 5.54 Å². The summed E-state index contributed by atoms with van der Waals surface area (Å²) < 4.78 is 6.38. The van der Waals surface area contributed by atoms with Crippen LogP contribution < -0.4 is 10.5 Å². The number of benzene rings is 1. The molecule has 1 aromatic carbocycles. The Morgan fingerprint density at radius 1 is 1.43 bits per heavy atom. The highest BCUT2D eigenvalue weighted by Gasteiger charge is 2.41. The number of aryl methyl sites for hydroxylation is 1. The Kier molecular flexibility index (Phi) is 2.32. The van der Waals surface area contributed by atoms with Crippen LogP contribution in [0.4, 0.5) is 0 Å². The number of hydrogen-bond acceptors (Lipinski definition) is 2. The molecule has 0 heterocycles. The fourth-order valence-electron chi connectivity index (χ4n) is 1.66. The lowest BCUT2D eigenvalue weighted by atomic mass is 10.0. The van der Waals surface area contributed by atoms with Gasteiger partial charge in [0.2, 0.25) is 0 Å². The molecule has 0 radical (unpaired) electrons. The monoisotopic (exact) mass is 255 g/mol. The van der Waals surface area contributed by atoms with Crippen molar-refractivity contribution in [2.45, 2.75) is 25.3 Å². The van der Waals surface area contributed by atoms with Crippen molar-refractivity contribution >= 4 is 15.9 Å². The highest BCUT2D eigenvalue weighted by atomic mass is 79.9. The van der Waals surface area contributed by atoms with Gasteiger partial charge >= 0.3 is 0 Å². The van der Waals surface area contributed by atoms with E-state index in [0.29, 0.717) is 0 Å². The second-order valence-corrected chi connectivity index (χ2v) is 4.81. The molecule has 2 rings (SSSR count). The summed E-state index contributed by atoms with van der Waals surface area (Å²) in [6.45, 7) is 2.03. The van der Waals surface area contributed by atoms with Gasteiger partial charge < -0.3 is 10.5 Å². The zero-order valence-corrected chi connectivity index (χ0v) is 10.0. The first kappa shape index (κ1) is 9.99. The van der Waals surface area contributed by atoms with E-state index in [4.69, 9.17) is 10.5 Å². The average molecular weight is 256 g/mol. The molecular weight excluding hydrogens is 242 g/mol. The molecule has 2 N–H and O–H groups in total. The fourth-order valence-corrected chi connectivity index (χ4v) is 2.51. The number of hydrogen-bond donors (Lipinski definition) is 1. The van der Waals surface area contributed by atoms with Crippen LogP contribution in [0, 0.1) is 6.92 Å². The summed E-state index contributed by atoms with van der Waals surface area (Å²) in [5.41, 5.74) is 8.34. The van der Waals surface area contributed by atoms with Crippen molar-refractivity contribution in [1.29, 1.82) is 0 Å². The molecule has 0 saturated heterocycles. The van der Waals surface area contributed by atoms with E-state index in [9.17, 15) is 0 Å². The van der Waals surface area contributed by atoms with Crippen LogP contribution in [0.5, 0.6) is 5.75 Å². The molecule has 3 heteroatoms. The van der Waals surface area contributed by atoms with E-state index in [1.807, 2.05) is 13.0 Å². The largest absolute Gasteiger partial charge is 0.496 e. The molecule has 0 spiro atoms. The van der Waals surface area contributed by atoms with Crippen LogP contribution in [-0.4, -0.2) is 7.11 Å². The van der Waals surface area contributed by atoms with E-state index in [1.54, 1.807) is 7.11 Å². The summed E-state index contributed by atoms with van der Waals surface area (Å²) in [5, 5.41) is 0. The van der Waals surface area contributed by atoms with Crippen molar-refractivity contribution in [1.82, 2.24) is 0 Å². The van der Waals surface area contributed by atoms with Crippen molar-refractivity contribution in [3.8, 4) is 5.75 Å². The molecular formula is C11H14BrNO. The van der Waals surface area contributed by atoms with Crippen LogP contribution in [0.1, 0.15) is 24.0 Å². The van der Waals surface area contributed by atoms with Gasteiger partial charge in [0.05, 0.1) is 7.11 Å². The Morgan fingerprint density at radius 2 is 2.07 bits per heavy atom. The first-order chi connectivity index (χ1) is 6.57. The van der Waals surface area contributed by atoms with Crippen LogP contribution in [0.15, 0.2) is 16.6 Å². The summed E-state index contributed by atoms with van der Waals surface area (Å²) in [6, 6.07) is 4.12. The fraction of sp³-hybridized carbons (Fsp3) is 0.455. The number of rotatable bonds is 2. The lowest BCUT2D eigenvalue weighted by molar-refractivity contribution is 0.410. The van der Waals surface area contributed by atoms with Crippen molar-refractivity contribution in [3.63, 3.8) is 0 Å². The topological polar surface area (TPSA) is 35.2 Å². The zero-order valence-electron chi connectivity index (χ0n) is 8.43. The first-order valence-electron chi connectivity index (χ1n) is 4.70. The van der Waals surface area contributed by atoms with Gasteiger partial charge in [-0.05, 0) is 43.0 Å². The maximum Gasteiger partial charge on any atom is 0.122 e. The number of nitrogens with two attached hydrogens (primary N) is 1. The minimum atomic E-state index is -0.111. The number of halogens is 1. The Balaban J connectivity index is 2.50. The molecule has 0 aromatic heterocycles. The molecule has 2 nitrogen and oxygen atoms in total. The molecule has 0 aliphatic heterocycles. The van der Waals surface area contributed by atoms with E-state index in [-0.39, 0.29) is 5.54 Å². The van der Waals surface area contributed by atoms with Gasteiger partial charge in [-0.2, -0.15) is 0 Å². The third-order valence-electron chi connectivity index (χ3n) is 2.81. The van der Waals surface area contributed by atoms with Crippen LogP contribution >= 0.6 is 15.9 Å². The summed E-state index contributed by atoms with van der Waals surface area (Å²) in [7, 11) is 1.69. The molecule has 0 atom stereocenters. The first-order valence-corrected chi connectivity index (χ1v) is 5.49. The standard InChI is InChI=1S/C11H14BrNO/c1-7-5-9(12)8(6-10(7)14-2)11(13)3-4-11/h5-6H,3-4,13H2,1-2H3. The highest BCUT2D eigenvalue weighted by Crippen LogP contribution is 2.47. The average Bonchev–Trinajstić information content (AvgIpc) is 2.85. The van der Waals surface area contributed by atoms with E-state index in [0.717, 1.165) is 28.6 Å². The number of ether oxygens (including phenoxy) is 1. The van der Waals surface area contributed by atoms with E-state index in [1.165, 1.54) is 5.56 Å². The van der Waals surface area contributed by atoms with Crippen LogP contribution in [0.3, 0.4) is 0 Å². The third kappa shape index (κ3) is 1.55. The SMILES string of the molecule is COc1cc(C2(N)CC2)c(Br)cc1C. The molecule has 1 saturated carbocycles. The molecule has 14 heavy (non-hydrogen) atoms. The third-order valence-corrected chi connectivity index (χ3v) is 3.47. The van der Waals surface area contributed by atoms with Crippen LogP contribution in [0.2, 0.25) is 0 Å². The lowest BCUT2D eigenvalue weighted by Crippen LogP contribution is -2.19. The highest BCUT2D eigenvalue weighted by molar-refractivity contribution is 9.10. The van der Waals surface area contributed by atoms with E-state index in [2.05, 4.69) is 22.0 Å². The van der Waals surface area contributed by atoms with Crippen molar-refractivity contribution in [3.05, 3.63) is 27.7 Å². The van der Waals surface area contributed by atoms with Gasteiger partial charge in [-0.1, -0.05) is 15.9 Å². The molecule has 1 aliphatic rings. The Bertz CT molecular complexity index is 372. The summed E-state index contributed by atoms with van der Waals surface area (Å²) in [4.78, 5) is 0. The van der Waals surface area contributed by atoms with Gasteiger partial charge in [-0.15, -0.1) is 0 Å². The molecule has 0 bridgehead atoms. The summed E-state index contributed by atoms with van der Waals surface area (Å²) >= 11 is 3.55. The minimum Gasteiger partial charge on any atom is -0.496 e. The van der Waals surface area contributed by atoms with Gasteiger partial charge in [-0.3, -0.25) is 0 Å². The zero-order chi connectivity index (χ0) is 10.3. The Hall–Kier alpha value is -0.540. The smallest absolute Gasteiger partial charge is 0.122 e. The molecule has 1 fully saturated rings. The maximum atomic E-state index is 6.16. The summed E-state index contributed by atoms with van der Waals surface area (Å²) in [5.74, 6) is 0.917. The van der Waals surface area contributed by atoms with Gasteiger partial charge in [0, 0.05) is 10.0 Å². The van der Waals surface area contributed by atoms with Gasteiger partial charge in [-0.25, -0.2) is 0 Å². The van der Waals surface area contributed by atoms with Crippen molar-refractivity contribution in [2.24, 2.45) is 5.73 Å². The predicted molar refractivity (Wildman–Crippen MR) is 60.5 cm³/mol. The van der Waals surface area contributed by atoms with Crippen molar-refractivity contribution < 1.29 is 4.74 Å². The number of methoxy groups -OCH3 is 1. The normalized spacial score (nSPS) is 18.0. The second-order valence-electron chi connectivity index (χ2n) is 3.96. The van der Waals surface area contributed by atoms with Gasteiger partial charge in [0.15, 0.2) is 0 Å². The Morgan fingerprint density at radius 3 is 2.57 bits per heavy atom. The second kappa shape index (κ2) is 3.24. The van der Waals surface area contributed by atoms with Crippen molar-refractivity contribution in [2.75, 3.05) is 7.11 Å². The minimum absolute atomic E-state index is 0.111. The van der Waals surface area contributed by atoms with Gasteiger partial charge in [0.25, 0.3) is 0 Å². The molecule has 76 valence electrons. The van der Waals surface area contributed by atoms with E-state index < -0.39 is 0 Å². The van der Waals surface area contributed by atoms with Gasteiger partial charge in [0.1, 0.15) is 5.75 Å². The molecule has 0 unspecified atom stereocenters. The summed E-state index contributed by atoms with van der Waals surface area (Å²) in [6.07, 6.45) is 2.13. The Labute approximate surface area is 92.6 Å². The molecule has 0 amide bonds. The van der Waals surface area contributed by atoms with E-state index >= 15 is 0 Å². The van der Waals surface area contributed by atoms with Crippen LogP contribution in [0.25, 0.3) is 0 Å².